The van der Waals surface area contributed by atoms with Crippen LogP contribution < -0.4 is 4.74 Å². The molecule has 0 aliphatic carbocycles. The minimum atomic E-state index is -0.554. The minimum absolute atomic E-state index is 0.344. The van der Waals surface area contributed by atoms with E-state index in [2.05, 4.69) is 10.3 Å². The van der Waals surface area contributed by atoms with Gasteiger partial charge in [-0.05, 0) is 26.0 Å². The van der Waals surface area contributed by atoms with Crippen molar-refractivity contribution in [2.45, 2.75) is 26.6 Å². The van der Waals surface area contributed by atoms with Crippen LogP contribution in [0.5, 0.6) is 5.75 Å². The predicted molar refractivity (Wildman–Crippen MR) is 67.1 cm³/mol. The molecule has 1 aromatic heterocycles. The van der Waals surface area contributed by atoms with Gasteiger partial charge in [0.05, 0.1) is 12.3 Å². The van der Waals surface area contributed by atoms with Crippen molar-refractivity contribution in [1.29, 1.82) is 0 Å². The Morgan fingerprint density at radius 2 is 2.22 bits per heavy atom. The molecule has 0 unspecified atom stereocenters. The summed E-state index contributed by atoms with van der Waals surface area (Å²) in [6.45, 7) is 4.05. The Hall–Kier alpha value is -1.88. The van der Waals surface area contributed by atoms with E-state index in [4.69, 9.17) is 4.74 Å². The first kappa shape index (κ1) is 12.6. The van der Waals surface area contributed by atoms with Crippen LogP contribution >= 0.6 is 0 Å². The molecule has 2 aromatic rings. The number of benzene rings is 1. The van der Waals surface area contributed by atoms with Crippen molar-refractivity contribution in [1.82, 2.24) is 15.0 Å². The normalized spacial score (nSPS) is 12.4. The second-order valence-corrected chi connectivity index (χ2v) is 4.39. The summed E-state index contributed by atoms with van der Waals surface area (Å²) in [5.74, 6) is 0.682. The van der Waals surface area contributed by atoms with E-state index in [0.29, 0.717) is 12.4 Å². The second kappa shape index (κ2) is 5.18. The largest absolute Gasteiger partial charge is 0.487 e. The topological polar surface area (TPSA) is 60.2 Å². The highest BCUT2D eigenvalue weighted by molar-refractivity contribution is 5.38. The summed E-state index contributed by atoms with van der Waals surface area (Å²) < 4.78 is 7.31. The Labute approximate surface area is 106 Å². The summed E-state index contributed by atoms with van der Waals surface area (Å²) >= 11 is 0. The number of aliphatic hydroxyl groups is 1. The Kier molecular flexibility index (Phi) is 3.62. The van der Waals surface area contributed by atoms with Gasteiger partial charge in [0.15, 0.2) is 0 Å². The molecule has 5 nitrogen and oxygen atoms in total. The zero-order chi connectivity index (χ0) is 13.1. The molecule has 0 radical (unpaired) electrons. The summed E-state index contributed by atoms with van der Waals surface area (Å²) in [7, 11) is 1.81. The van der Waals surface area contributed by atoms with Crippen LogP contribution in [0.1, 0.15) is 29.8 Å². The lowest BCUT2D eigenvalue weighted by atomic mass is 10.1. The van der Waals surface area contributed by atoms with Crippen LogP contribution in [0.2, 0.25) is 0 Å². The maximum atomic E-state index is 9.72. The monoisotopic (exact) mass is 247 g/mol. The number of aryl methyl sites for hydroxylation is 2. The van der Waals surface area contributed by atoms with Crippen LogP contribution in [0.3, 0.4) is 0 Å². The van der Waals surface area contributed by atoms with Crippen molar-refractivity contribution >= 4 is 0 Å². The minimum Gasteiger partial charge on any atom is -0.487 e. The van der Waals surface area contributed by atoms with Crippen molar-refractivity contribution in [2.75, 3.05) is 0 Å². The van der Waals surface area contributed by atoms with Crippen LogP contribution in [0.15, 0.2) is 24.4 Å². The molecule has 18 heavy (non-hydrogen) atoms. The highest BCUT2D eigenvalue weighted by Gasteiger charge is 2.10. The van der Waals surface area contributed by atoms with Gasteiger partial charge in [-0.3, -0.25) is 4.68 Å². The van der Waals surface area contributed by atoms with Crippen molar-refractivity contribution in [2.24, 2.45) is 7.05 Å². The summed E-state index contributed by atoms with van der Waals surface area (Å²) in [6.07, 6.45) is 1.25. The highest BCUT2D eigenvalue weighted by atomic mass is 16.5. The molecule has 2 rings (SSSR count). The Bertz CT molecular complexity index is 535. The average Bonchev–Trinajstić information content (AvgIpc) is 2.73. The molecule has 1 N–H and O–H groups in total. The summed E-state index contributed by atoms with van der Waals surface area (Å²) in [5.41, 5.74) is 2.64. The Balaban J connectivity index is 2.13. The number of aliphatic hydroxyl groups excluding tert-OH is 1. The Morgan fingerprint density at radius 3 is 2.83 bits per heavy atom. The van der Waals surface area contributed by atoms with E-state index in [9.17, 15) is 5.11 Å². The lowest BCUT2D eigenvalue weighted by Gasteiger charge is -2.13. The average molecular weight is 247 g/mol. The molecule has 5 heteroatoms. The first-order valence-corrected chi connectivity index (χ1v) is 5.83. The fraction of sp³-hybridized carbons (Fsp3) is 0.385. The number of rotatable bonds is 4. The van der Waals surface area contributed by atoms with E-state index < -0.39 is 6.10 Å². The third-order valence-corrected chi connectivity index (χ3v) is 2.64. The van der Waals surface area contributed by atoms with Crippen LogP contribution in [-0.4, -0.2) is 20.1 Å². The molecule has 0 aliphatic heterocycles. The van der Waals surface area contributed by atoms with Crippen LogP contribution in [-0.2, 0) is 13.7 Å². The van der Waals surface area contributed by atoms with E-state index in [0.717, 1.165) is 16.8 Å². The molecule has 1 atom stereocenters. The maximum absolute atomic E-state index is 9.72. The van der Waals surface area contributed by atoms with Crippen molar-refractivity contribution in [3.05, 3.63) is 41.2 Å². The van der Waals surface area contributed by atoms with Crippen molar-refractivity contribution < 1.29 is 9.84 Å². The summed E-state index contributed by atoms with van der Waals surface area (Å²) in [5, 5.41) is 17.5. The van der Waals surface area contributed by atoms with Gasteiger partial charge in [-0.15, -0.1) is 5.10 Å². The van der Waals surface area contributed by atoms with E-state index in [1.165, 1.54) is 0 Å². The number of aromatic nitrogens is 3. The first-order valence-electron chi connectivity index (χ1n) is 5.83. The number of nitrogens with zero attached hydrogens (tertiary/aromatic N) is 3. The van der Waals surface area contributed by atoms with E-state index in [-0.39, 0.29) is 0 Å². The molecule has 0 saturated heterocycles. The van der Waals surface area contributed by atoms with Gasteiger partial charge in [0.2, 0.25) is 0 Å². The molecule has 0 spiro atoms. The zero-order valence-corrected chi connectivity index (χ0v) is 10.8. The van der Waals surface area contributed by atoms with E-state index in [1.54, 1.807) is 17.8 Å². The quantitative estimate of drug-likeness (QED) is 0.894. The Morgan fingerprint density at radius 1 is 1.44 bits per heavy atom. The fourth-order valence-electron chi connectivity index (χ4n) is 1.74. The van der Waals surface area contributed by atoms with Gasteiger partial charge in [0, 0.05) is 12.6 Å². The van der Waals surface area contributed by atoms with Crippen LogP contribution in [0, 0.1) is 6.92 Å². The van der Waals surface area contributed by atoms with Crippen molar-refractivity contribution in [3.63, 3.8) is 0 Å². The lowest BCUT2D eigenvalue weighted by molar-refractivity contribution is 0.189. The smallest absolute Gasteiger partial charge is 0.134 e. The van der Waals surface area contributed by atoms with Crippen molar-refractivity contribution in [3.8, 4) is 5.75 Å². The standard InChI is InChI=1S/C13H17N3O2/c1-9-4-5-13(12(6-9)10(2)17)18-8-11-7-16(3)15-14-11/h4-7,10,17H,8H2,1-3H3/t10-/m0/s1. The molecule has 1 aromatic carbocycles. The molecule has 0 aliphatic rings. The number of hydrogen-bond donors (Lipinski definition) is 1. The molecule has 0 saturated carbocycles. The fourth-order valence-corrected chi connectivity index (χ4v) is 1.74. The van der Waals surface area contributed by atoms with Gasteiger partial charge in [-0.25, -0.2) is 0 Å². The zero-order valence-electron chi connectivity index (χ0n) is 10.8. The lowest BCUT2D eigenvalue weighted by Crippen LogP contribution is -2.01. The molecular formula is C13H17N3O2. The third-order valence-electron chi connectivity index (χ3n) is 2.64. The molecular weight excluding hydrogens is 230 g/mol. The summed E-state index contributed by atoms with van der Waals surface area (Å²) in [4.78, 5) is 0. The molecule has 0 amide bonds. The second-order valence-electron chi connectivity index (χ2n) is 4.39. The van der Waals surface area contributed by atoms with E-state index >= 15 is 0 Å². The molecule has 96 valence electrons. The summed E-state index contributed by atoms with van der Waals surface area (Å²) in [6, 6.07) is 5.75. The highest BCUT2D eigenvalue weighted by Crippen LogP contribution is 2.26. The molecule has 0 bridgehead atoms. The van der Waals surface area contributed by atoms with E-state index in [1.807, 2.05) is 32.2 Å². The first-order chi connectivity index (χ1) is 8.56. The predicted octanol–water partition coefficient (Wildman–Crippen LogP) is 1.76. The van der Waals surface area contributed by atoms with Crippen LogP contribution in [0.25, 0.3) is 0 Å². The van der Waals surface area contributed by atoms with Gasteiger partial charge in [-0.2, -0.15) is 0 Å². The van der Waals surface area contributed by atoms with Gasteiger partial charge in [0.1, 0.15) is 18.1 Å². The van der Waals surface area contributed by atoms with Gasteiger partial charge in [0.25, 0.3) is 0 Å². The van der Waals surface area contributed by atoms with Gasteiger partial charge < -0.3 is 9.84 Å². The molecule has 1 heterocycles. The van der Waals surface area contributed by atoms with Gasteiger partial charge in [-0.1, -0.05) is 16.8 Å². The SMILES string of the molecule is Cc1ccc(OCc2cn(C)nn2)c([C@H](C)O)c1. The number of ether oxygens (including phenoxy) is 1. The maximum Gasteiger partial charge on any atom is 0.134 e. The molecule has 0 fully saturated rings. The number of hydrogen-bond acceptors (Lipinski definition) is 4. The third kappa shape index (κ3) is 2.87. The van der Waals surface area contributed by atoms with Gasteiger partial charge >= 0.3 is 0 Å². The van der Waals surface area contributed by atoms with Crippen LogP contribution in [0.4, 0.5) is 0 Å².